The molecule has 0 bridgehead atoms. The lowest BCUT2D eigenvalue weighted by Crippen LogP contribution is -2.35. The van der Waals surface area contributed by atoms with Crippen LogP contribution >= 0.6 is 0 Å². The molecule has 266 valence electrons. The van der Waals surface area contributed by atoms with E-state index in [0.717, 1.165) is 11.1 Å². The molecule has 0 heterocycles. The van der Waals surface area contributed by atoms with Gasteiger partial charge in [-0.15, -0.1) is 0 Å². The summed E-state index contributed by atoms with van der Waals surface area (Å²) in [5.74, 6) is -1.40. The van der Waals surface area contributed by atoms with Crippen molar-refractivity contribution < 1.29 is 52.8 Å². The highest BCUT2D eigenvalue weighted by Crippen LogP contribution is 2.38. The number of hydrogen-bond acceptors (Lipinski definition) is 11. The minimum atomic E-state index is -1.04. The lowest BCUT2D eigenvalue weighted by molar-refractivity contribution is -0.145. The molecular formula is C37H47NO11. The summed E-state index contributed by atoms with van der Waals surface area (Å²) in [5, 5.41) is 9.08. The molecule has 0 unspecified atom stereocenters. The third-order valence-corrected chi connectivity index (χ3v) is 7.37. The second-order valence-corrected chi connectivity index (χ2v) is 11.8. The third-order valence-electron chi connectivity index (χ3n) is 7.37. The molecule has 0 aliphatic heterocycles. The zero-order valence-corrected chi connectivity index (χ0v) is 28.8. The van der Waals surface area contributed by atoms with Crippen LogP contribution in [-0.4, -0.2) is 92.3 Å². The number of carboxylic acid groups (broad SMARTS) is 1. The number of carbonyl (C=O) groups is 5. The minimum Gasteiger partial charge on any atom is -0.490 e. The van der Waals surface area contributed by atoms with Crippen LogP contribution in [-0.2, 0) is 43.6 Å². The van der Waals surface area contributed by atoms with Gasteiger partial charge in [-0.05, 0) is 69.0 Å². The lowest BCUT2D eigenvalue weighted by Gasteiger charge is -2.31. The van der Waals surface area contributed by atoms with Crippen LogP contribution in [0.5, 0.6) is 11.5 Å². The standard InChI is InChI=1S/C37H47NO11/c1-26(2)35(43)48-22-20-45-31-12-8-29(9-13-31)37(6,30-10-14-32(15-11-30)46-21-23-49-36(44)27(3)4)17-16-34(42)47-19-7-18-38(24-28(5)39)25-33(40)41/h8-15H,1,3,7,16-25H2,2,4-6H3,(H,40,41). The van der Waals surface area contributed by atoms with Gasteiger partial charge in [0.15, 0.2) is 0 Å². The summed E-state index contributed by atoms with van der Waals surface area (Å²) >= 11 is 0. The smallest absolute Gasteiger partial charge is 0.333 e. The molecule has 2 aromatic carbocycles. The van der Waals surface area contributed by atoms with Crippen molar-refractivity contribution in [2.45, 2.75) is 52.4 Å². The Morgan fingerprint density at radius 2 is 1.16 bits per heavy atom. The first kappa shape index (κ1) is 40.2. The lowest BCUT2D eigenvalue weighted by atomic mass is 9.73. The van der Waals surface area contributed by atoms with Crippen LogP contribution in [0.4, 0.5) is 0 Å². The van der Waals surface area contributed by atoms with Gasteiger partial charge in [0.2, 0.25) is 0 Å². The molecule has 49 heavy (non-hydrogen) atoms. The molecule has 0 amide bonds. The van der Waals surface area contributed by atoms with Gasteiger partial charge in [0, 0.05) is 29.5 Å². The highest BCUT2D eigenvalue weighted by Gasteiger charge is 2.30. The Kier molecular flexibility index (Phi) is 16.7. The van der Waals surface area contributed by atoms with Gasteiger partial charge >= 0.3 is 23.9 Å². The normalized spacial score (nSPS) is 11.0. The number of ketones is 1. The molecule has 12 heteroatoms. The largest absolute Gasteiger partial charge is 0.490 e. The Bertz CT molecular complexity index is 1350. The van der Waals surface area contributed by atoms with Crippen molar-refractivity contribution >= 4 is 29.7 Å². The summed E-state index contributed by atoms with van der Waals surface area (Å²) < 4.78 is 27.0. The average Bonchev–Trinajstić information content (AvgIpc) is 3.05. The maximum absolute atomic E-state index is 12.8. The highest BCUT2D eigenvalue weighted by atomic mass is 16.6. The summed E-state index contributed by atoms with van der Waals surface area (Å²) in [5.41, 5.74) is 1.81. The number of ether oxygens (including phenoxy) is 5. The number of carboxylic acids is 1. The van der Waals surface area contributed by atoms with E-state index in [1.165, 1.54) is 11.8 Å². The molecule has 0 fully saturated rings. The number of hydrogen-bond donors (Lipinski definition) is 1. The molecule has 0 aromatic heterocycles. The van der Waals surface area contributed by atoms with E-state index in [9.17, 15) is 24.0 Å². The first-order valence-electron chi connectivity index (χ1n) is 15.9. The highest BCUT2D eigenvalue weighted by molar-refractivity contribution is 5.87. The molecule has 1 N–H and O–H groups in total. The topological polar surface area (TPSA) is 155 Å². The molecule has 0 aliphatic rings. The second-order valence-electron chi connectivity index (χ2n) is 11.8. The summed E-state index contributed by atoms with van der Waals surface area (Å²) in [6, 6.07) is 14.9. The average molecular weight is 682 g/mol. The maximum atomic E-state index is 12.8. The Labute approximate surface area is 287 Å². The van der Waals surface area contributed by atoms with Gasteiger partial charge in [-0.2, -0.15) is 0 Å². The number of rotatable bonds is 23. The van der Waals surface area contributed by atoms with Crippen molar-refractivity contribution in [2.75, 3.05) is 52.7 Å². The Balaban J connectivity index is 2.10. The van der Waals surface area contributed by atoms with Crippen LogP contribution in [0.25, 0.3) is 0 Å². The summed E-state index contributed by atoms with van der Waals surface area (Å²) in [4.78, 5) is 60.1. The van der Waals surface area contributed by atoms with E-state index in [-0.39, 0.29) is 58.3 Å². The molecule has 0 aliphatic carbocycles. The van der Waals surface area contributed by atoms with E-state index in [1.54, 1.807) is 38.1 Å². The van der Waals surface area contributed by atoms with E-state index in [4.69, 9.17) is 28.8 Å². The number of nitrogens with zero attached hydrogens (tertiary/aromatic N) is 1. The van der Waals surface area contributed by atoms with Crippen LogP contribution in [0.1, 0.15) is 58.1 Å². The monoisotopic (exact) mass is 681 g/mol. The summed E-state index contributed by atoms with van der Waals surface area (Å²) in [6.07, 6.45) is 0.877. The van der Waals surface area contributed by atoms with Crippen LogP contribution in [0.15, 0.2) is 72.8 Å². The Morgan fingerprint density at radius 1 is 0.694 bits per heavy atom. The molecule has 2 rings (SSSR count). The van der Waals surface area contributed by atoms with Crippen molar-refractivity contribution in [2.24, 2.45) is 0 Å². The molecule has 2 aromatic rings. The number of carbonyl (C=O) groups excluding carboxylic acids is 4. The van der Waals surface area contributed by atoms with E-state index in [0.29, 0.717) is 42.0 Å². The zero-order chi connectivity index (χ0) is 36.4. The quantitative estimate of drug-likeness (QED) is 0.0750. The number of aliphatic carboxylic acids is 1. The fraction of sp³-hybridized carbons (Fsp3) is 0.432. The Hall–Kier alpha value is -4.97. The Morgan fingerprint density at radius 3 is 1.57 bits per heavy atom. The third kappa shape index (κ3) is 14.8. The summed E-state index contributed by atoms with van der Waals surface area (Å²) in [6.45, 7) is 14.3. The zero-order valence-electron chi connectivity index (χ0n) is 28.8. The fourth-order valence-corrected chi connectivity index (χ4v) is 4.75. The van der Waals surface area contributed by atoms with Gasteiger partial charge in [0.25, 0.3) is 0 Å². The van der Waals surface area contributed by atoms with Crippen LogP contribution in [0, 0.1) is 0 Å². The van der Waals surface area contributed by atoms with Crippen LogP contribution < -0.4 is 9.47 Å². The van der Waals surface area contributed by atoms with Crippen LogP contribution in [0.3, 0.4) is 0 Å². The van der Waals surface area contributed by atoms with E-state index >= 15 is 0 Å². The number of esters is 3. The molecule has 0 saturated heterocycles. The predicted octanol–water partition coefficient (Wildman–Crippen LogP) is 4.68. The van der Waals surface area contributed by atoms with Gasteiger partial charge in [-0.3, -0.25) is 19.3 Å². The molecule has 0 atom stereocenters. The fourth-order valence-electron chi connectivity index (χ4n) is 4.75. The molecule has 0 saturated carbocycles. The second kappa shape index (κ2) is 20.4. The van der Waals surface area contributed by atoms with E-state index in [1.807, 2.05) is 31.2 Å². The molecular weight excluding hydrogens is 634 g/mol. The van der Waals surface area contributed by atoms with Crippen molar-refractivity contribution in [3.05, 3.63) is 84.0 Å². The van der Waals surface area contributed by atoms with Gasteiger partial charge in [0.1, 0.15) is 43.7 Å². The van der Waals surface area contributed by atoms with Crippen LogP contribution in [0.2, 0.25) is 0 Å². The first-order chi connectivity index (χ1) is 23.2. The summed E-state index contributed by atoms with van der Waals surface area (Å²) in [7, 11) is 0. The van der Waals surface area contributed by atoms with E-state index < -0.39 is 29.3 Å². The maximum Gasteiger partial charge on any atom is 0.333 e. The predicted molar refractivity (Wildman–Crippen MR) is 181 cm³/mol. The van der Waals surface area contributed by atoms with Gasteiger partial charge in [0.05, 0.1) is 19.7 Å². The van der Waals surface area contributed by atoms with Crippen molar-refractivity contribution in [1.82, 2.24) is 4.90 Å². The molecule has 12 nitrogen and oxygen atoms in total. The first-order valence-corrected chi connectivity index (χ1v) is 15.9. The minimum absolute atomic E-state index is 0.0111. The van der Waals surface area contributed by atoms with Gasteiger partial charge in [-0.1, -0.05) is 44.3 Å². The number of benzene rings is 2. The number of Topliss-reactive ketones (excluding diaryl/α,β-unsaturated/α-hetero) is 1. The SMILES string of the molecule is C=C(C)C(=O)OCCOc1ccc(C(C)(CCC(=O)OCCCN(CC(C)=O)CC(=O)O)c2ccc(OCCOC(=O)C(=C)C)cc2)cc1. The van der Waals surface area contributed by atoms with Gasteiger partial charge in [-0.25, -0.2) is 9.59 Å². The molecule has 0 radical (unpaired) electrons. The van der Waals surface area contributed by atoms with Crippen molar-refractivity contribution in [3.8, 4) is 11.5 Å². The van der Waals surface area contributed by atoms with E-state index in [2.05, 4.69) is 13.2 Å². The van der Waals surface area contributed by atoms with Gasteiger partial charge < -0.3 is 28.8 Å². The van der Waals surface area contributed by atoms with Crippen molar-refractivity contribution in [3.63, 3.8) is 0 Å². The molecule has 0 spiro atoms. The van der Waals surface area contributed by atoms with Crippen molar-refractivity contribution in [1.29, 1.82) is 0 Å².